The van der Waals surface area contributed by atoms with E-state index in [1.165, 1.54) is 19.3 Å². The van der Waals surface area contributed by atoms with Gasteiger partial charge >= 0.3 is 0 Å². The van der Waals surface area contributed by atoms with E-state index in [2.05, 4.69) is 10.00 Å². The highest BCUT2D eigenvalue weighted by Gasteiger charge is 2.38. The number of aromatic hydroxyl groups is 1. The molecule has 2 fully saturated rings. The predicted octanol–water partition coefficient (Wildman–Crippen LogP) is 2.50. The van der Waals surface area contributed by atoms with Crippen LogP contribution in [0.2, 0.25) is 0 Å². The number of benzene rings is 1. The van der Waals surface area contributed by atoms with Crippen LogP contribution in [0.5, 0.6) is 5.75 Å². The topological polar surface area (TPSA) is 70.8 Å². The van der Waals surface area contributed by atoms with Crippen molar-refractivity contribution in [2.45, 2.75) is 38.3 Å². The number of piperidine rings is 1. The Morgan fingerprint density at radius 1 is 1.24 bits per heavy atom. The van der Waals surface area contributed by atoms with E-state index >= 15 is 0 Å². The maximum Gasteiger partial charge on any atom is 0.254 e. The van der Waals surface area contributed by atoms with Crippen molar-refractivity contribution in [3.63, 3.8) is 0 Å². The molecule has 0 spiro atoms. The summed E-state index contributed by atoms with van der Waals surface area (Å²) in [6.07, 6.45) is 7.42. The molecule has 3 heterocycles. The lowest BCUT2D eigenvalue weighted by atomic mass is 9.97. The first-order chi connectivity index (χ1) is 14.0. The third-order valence-electron chi connectivity index (χ3n) is 6.02. The molecule has 2 saturated heterocycles. The number of phenols is 1. The molecule has 0 aliphatic carbocycles. The van der Waals surface area contributed by atoms with E-state index < -0.39 is 0 Å². The second-order valence-corrected chi connectivity index (χ2v) is 8.16. The second-order valence-electron chi connectivity index (χ2n) is 8.16. The SMILES string of the molecule is Cc1ccc(O)cc1C(=O)N1CCO[C@@H](CN2CCCCC2)[C@@H]1c1cnn(C)c1. The predicted molar refractivity (Wildman–Crippen MR) is 110 cm³/mol. The smallest absolute Gasteiger partial charge is 0.254 e. The van der Waals surface area contributed by atoms with Crippen LogP contribution in [-0.4, -0.2) is 69.5 Å². The summed E-state index contributed by atoms with van der Waals surface area (Å²) in [5.74, 6) is 0.0363. The van der Waals surface area contributed by atoms with Crippen molar-refractivity contribution in [2.75, 3.05) is 32.8 Å². The molecular formula is C22H30N4O3. The molecule has 0 saturated carbocycles. The number of aryl methyl sites for hydroxylation is 2. The molecule has 156 valence electrons. The van der Waals surface area contributed by atoms with Crippen LogP contribution in [0.3, 0.4) is 0 Å². The summed E-state index contributed by atoms with van der Waals surface area (Å²) in [4.78, 5) is 17.9. The quantitative estimate of drug-likeness (QED) is 0.857. The van der Waals surface area contributed by atoms with Crippen molar-refractivity contribution in [3.05, 3.63) is 47.3 Å². The number of rotatable bonds is 4. The van der Waals surface area contributed by atoms with Crippen molar-refractivity contribution in [2.24, 2.45) is 7.05 Å². The molecule has 1 aromatic carbocycles. The Morgan fingerprint density at radius 3 is 2.76 bits per heavy atom. The first kappa shape index (κ1) is 19.9. The minimum Gasteiger partial charge on any atom is -0.508 e. The fourth-order valence-electron chi connectivity index (χ4n) is 4.49. The van der Waals surface area contributed by atoms with Crippen LogP contribution in [0.1, 0.15) is 46.8 Å². The van der Waals surface area contributed by atoms with Crippen molar-refractivity contribution in [3.8, 4) is 5.75 Å². The highest BCUT2D eigenvalue weighted by atomic mass is 16.5. The van der Waals surface area contributed by atoms with Gasteiger partial charge < -0.3 is 19.6 Å². The molecule has 4 rings (SSSR count). The molecule has 0 unspecified atom stereocenters. The molecule has 2 aliphatic rings. The summed E-state index contributed by atoms with van der Waals surface area (Å²) < 4.78 is 7.97. The van der Waals surface area contributed by atoms with Gasteiger partial charge in [0.1, 0.15) is 5.75 Å². The van der Waals surface area contributed by atoms with Crippen LogP contribution < -0.4 is 0 Å². The van der Waals surface area contributed by atoms with Gasteiger partial charge in [-0.25, -0.2) is 0 Å². The van der Waals surface area contributed by atoms with Crippen LogP contribution in [0.4, 0.5) is 0 Å². The molecule has 0 bridgehead atoms. The average molecular weight is 399 g/mol. The fraction of sp³-hybridized carbons (Fsp3) is 0.545. The van der Waals surface area contributed by atoms with Crippen LogP contribution >= 0.6 is 0 Å². The molecule has 2 aliphatic heterocycles. The van der Waals surface area contributed by atoms with Gasteiger partial charge in [0.05, 0.1) is 24.9 Å². The minimum absolute atomic E-state index is 0.0702. The van der Waals surface area contributed by atoms with Crippen molar-refractivity contribution in [1.82, 2.24) is 19.6 Å². The normalized spacial score (nSPS) is 23.3. The molecule has 7 nitrogen and oxygen atoms in total. The summed E-state index contributed by atoms with van der Waals surface area (Å²) >= 11 is 0. The molecule has 1 aromatic heterocycles. The molecule has 29 heavy (non-hydrogen) atoms. The van der Waals surface area contributed by atoms with Crippen LogP contribution in [0.25, 0.3) is 0 Å². The third-order valence-corrected chi connectivity index (χ3v) is 6.02. The summed E-state index contributed by atoms with van der Waals surface area (Å²) in [7, 11) is 1.89. The standard InChI is InChI=1S/C22H30N4O3/c1-16-6-7-18(27)12-19(16)22(28)26-10-11-29-20(15-25-8-4-3-5-9-25)21(26)17-13-23-24(2)14-17/h6-7,12-14,20-21,27H,3-5,8-11,15H2,1-2H3/t20-,21-/m0/s1. The molecule has 2 aromatic rings. The zero-order valence-corrected chi connectivity index (χ0v) is 17.3. The molecule has 2 atom stereocenters. The lowest BCUT2D eigenvalue weighted by Crippen LogP contribution is -2.52. The molecular weight excluding hydrogens is 368 g/mol. The number of carbonyl (C=O) groups excluding carboxylic acids is 1. The van der Waals surface area contributed by atoms with E-state index in [-0.39, 0.29) is 23.8 Å². The Labute approximate surface area is 171 Å². The number of ether oxygens (including phenoxy) is 1. The Kier molecular flexibility index (Phi) is 5.87. The van der Waals surface area contributed by atoms with Gasteiger partial charge in [-0.2, -0.15) is 5.10 Å². The second kappa shape index (κ2) is 8.55. The highest BCUT2D eigenvalue weighted by Crippen LogP contribution is 2.33. The monoisotopic (exact) mass is 398 g/mol. The number of hydrogen-bond acceptors (Lipinski definition) is 5. The number of nitrogens with zero attached hydrogens (tertiary/aromatic N) is 4. The largest absolute Gasteiger partial charge is 0.508 e. The van der Waals surface area contributed by atoms with Crippen molar-refractivity contribution in [1.29, 1.82) is 0 Å². The van der Waals surface area contributed by atoms with E-state index in [4.69, 9.17) is 4.74 Å². The lowest BCUT2D eigenvalue weighted by molar-refractivity contribution is -0.0741. The van der Waals surface area contributed by atoms with Gasteiger partial charge in [0.25, 0.3) is 5.91 Å². The Morgan fingerprint density at radius 2 is 2.03 bits per heavy atom. The first-order valence-electron chi connectivity index (χ1n) is 10.5. The average Bonchev–Trinajstić information content (AvgIpc) is 3.16. The van der Waals surface area contributed by atoms with E-state index in [1.807, 2.05) is 31.3 Å². The van der Waals surface area contributed by atoms with Gasteiger partial charge in [0.2, 0.25) is 0 Å². The number of amides is 1. The number of phenolic OH excluding ortho intramolecular Hbond substituents is 1. The number of aromatic nitrogens is 2. The van der Waals surface area contributed by atoms with Gasteiger partial charge in [-0.3, -0.25) is 9.48 Å². The number of hydrogen-bond donors (Lipinski definition) is 1. The van der Waals surface area contributed by atoms with E-state index in [0.717, 1.165) is 30.8 Å². The van der Waals surface area contributed by atoms with Crippen LogP contribution in [0.15, 0.2) is 30.6 Å². The van der Waals surface area contributed by atoms with Crippen LogP contribution in [-0.2, 0) is 11.8 Å². The summed E-state index contributed by atoms with van der Waals surface area (Å²) in [5, 5.41) is 14.3. The highest BCUT2D eigenvalue weighted by molar-refractivity contribution is 5.96. The molecule has 1 N–H and O–H groups in total. The van der Waals surface area contributed by atoms with Crippen molar-refractivity contribution < 1.29 is 14.6 Å². The molecule has 1 amide bonds. The van der Waals surface area contributed by atoms with Gasteiger partial charge in [-0.1, -0.05) is 12.5 Å². The lowest BCUT2D eigenvalue weighted by Gasteiger charge is -2.43. The fourth-order valence-corrected chi connectivity index (χ4v) is 4.49. The zero-order chi connectivity index (χ0) is 20.4. The van der Waals surface area contributed by atoms with Gasteiger partial charge in [-0.15, -0.1) is 0 Å². The maximum atomic E-state index is 13.5. The third kappa shape index (κ3) is 4.31. The van der Waals surface area contributed by atoms with E-state index in [9.17, 15) is 9.90 Å². The summed E-state index contributed by atoms with van der Waals surface area (Å²) in [6, 6.07) is 4.76. The Hall–Kier alpha value is -2.38. The number of carbonyl (C=O) groups is 1. The van der Waals surface area contributed by atoms with Gasteiger partial charge in [-0.05, 0) is 50.6 Å². The number of likely N-dealkylation sites (tertiary alicyclic amines) is 1. The van der Waals surface area contributed by atoms with Gasteiger partial charge in [0, 0.05) is 37.5 Å². The van der Waals surface area contributed by atoms with E-state index in [1.54, 1.807) is 22.9 Å². The molecule has 7 heteroatoms. The zero-order valence-electron chi connectivity index (χ0n) is 17.3. The summed E-state index contributed by atoms with van der Waals surface area (Å²) in [6.45, 7) is 5.90. The minimum atomic E-state index is -0.200. The first-order valence-corrected chi connectivity index (χ1v) is 10.5. The van der Waals surface area contributed by atoms with E-state index in [0.29, 0.717) is 18.7 Å². The Bertz CT molecular complexity index is 859. The van der Waals surface area contributed by atoms with Gasteiger partial charge in [0.15, 0.2) is 0 Å². The molecule has 0 radical (unpaired) electrons. The maximum absolute atomic E-state index is 13.5. The number of morpholine rings is 1. The Balaban J connectivity index is 1.65. The summed E-state index contributed by atoms with van der Waals surface area (Å²) in [5.41, 5.74) is 2.38. The van der Waals surface area contributed by atoms with Crippen LogP contribution in [0, 0.1) is 6.92 Å². The van der Waals surface area contributed by atoms with Crippen molar-refractivity contribution >= 4 is 5.91 Å².